The molecule has 3 saturated heterocycles. The topological polar surface area (TPSA) is 72.5 Å². The van der Waals surface area contributed by atoms with Gasteiger partial charge in [0.05, 0.1) is 37.9 Å². The third-order valence-electron chi connectivity index (χ3n) is 8.33. The lowest BCUT2D eigenvalue weighted by Crippen LogP contribution is -2.67. The molecule has 6 rings (SSSR count). The molecule has 0 radical (unpaired) electrons. The number of esters is 1. The van der Waals surface area contributed by atoms with Gasteiger partial charge in [0.15, 0.2) is 6.29 Å². The molecule has 7 nitrogen and oxygen atoms in total. The predicted octanol–water partition coefficient (Wildman–Crippen LogP) is 5.24. The smallest absolute Gasteiger partial charge is 0.302 e. The first-order chi connectivity index (χ1) is 19.6. The van der Waals surface area contributed by atoms with Crippen molar-refractivity contribution in [2.45, 2.75) is 57.3 Å². The fraction of sp³-hybridized carbons (Fsp3) is 0.424. The van der Waals surface area contributed by atoms with E-state index in [4.69, 9.17) is 28.4 Å². The van der Waals surface area contributed by atoms with Crippen molar-refractivity contribution in [3.63, 3.8) is 0 Å². The van der Waals surface area contributed by atoms with Crippen LogP contribution in [0.3, 0.4) is 0 Å². The van der Waals surface area contributed by atoms with Gasteiger partial charge in [0.1, 0.15) is 24.9 Å². The zero-order valence-corrected chi connectivity index (χ0v) is 22.7. The maximum atomic E-state index is 12.0. The number of rotatable bonds is 10. The lowest BCUT2D eigenvalue weighted by molar-refractivity contribution is -0.339. The molecular formula is C33H36O7. The molecule has 0 spiro atoms. The quantitative estimate of drug-likeness (QED) is 0.323. The summed E-state index contributed by atoms with van der Waals surface area (Å²) >= 11 is 0. The molecule has 7 heteroatoms. The number of benzene rings is 3. The first-order valence-electron chi connectivity index (χ1n) is 14.0. The van der Waals surface area contributed by atoms with E-state index in [1.165, 1.54) is 6.92 Å². The normalized spacial score (nSPS) is 30.9. The highest BCUT2D eigenvalue weighted by Crippen LogP contribution is 2.57. The molecule has 0 aromatic heterocycles. The van der Waals surface area contributed by atoms with Crippen LogP contribution in [-0.2, 0) is 46.4 Å². The van der Waals surface area contributed by atoms with Crippen LogP contribution in [0.15, 0.2) is 91.0 Å². The van der Waals surface area contributed by atoms with E-state index in [0.717, 1.165) is 23.1 Å². The van der Waals surface area contributed by atoms with Crippen molar-refractivity contribution < 1.29 is 33.2 Å². The molecule has 3 heterocycles. The Kier molecular flexibility index (Phi) is 8.27. The van der Waals surface area contributed by atoms with Crippen LogP contribution in [0.25, 0.3) is 0 Å². The molecule has 210 valence electrons. The highest BCUT2D eigenvalue weighted by Gasteiger charge is 2.68. The fourth-order valence-corrected chi connectivity index (χ4v) is 6.30. The molecule has 0 aliphatic carbocycles. The van der Waals surface area contributed by atoms with Gasteiger partial charge in [-0.3, -0.25) is 4.79 Å². The molecule has 0 saturated carbocycles. The van der Waals surface area contributed by atoms with Crippen molar-refractivity contribution in [2.24, 2.45) is 11.3 Å². The van der Waals surface area contributed by atoms with Crippen LogP contribution in [0, 0.1) is 11.3 Å². The Morgan fingerprint density at radius 1 is 0.875 bits per heavy atom. The molecule has 40 heavy (non-hydrogen) atoms. The number of carbonyl (C=O) groups excluding carboxylic acids is 1. The minimum atomic E-state index is -0.686. The second-order valence-corrected chi connectivity index (χ2v) is 10.9. The van der Waals surface area contributed by atoms with Gasteiger partial charge >= 0.3 is 5.97 Å². The largest absolute Gasteiger partial charge is 0.465 e. The molecule has 0 N–H and O–H groups in total. The summed E-state index contributed by atoms with van der Waals surface area (Å²) in [5.74, 6) is -0.275. The maximum Gasteiger partial charge on any atom is 0.302 e. The van der Waals surface area contributed by atoms with E-state index in [-0.39, 0.29) is 24.6 Å². The second kappa shape index (κ2) is 12.2. The summed E-state index contributed by atoms with van der Waals surface area (Å²) in [6, 6.07) is 30.4. The van der Waals surface area contributed by atoms with E-state index in [1.54, 1.807) is 0 Å². The molecule has 0 amide bonds. The average Bonchev–Trinajstić information content (AvgIpc) is 3.35. The Labute approximate surface area is 235 Å². The van der Waals surface area contributed by atoms with Crippen LogP contribution in [0.1, 0.15) is 36.1 Å². The Balaban J connectivity index is 1.31. The van der Waals surface area contributed by atoms with Crippen LogP contribution < -0.4 is 0 Å². The van der Waals surface area contributed by atoms with Gasteiger partial charge in [0, 0.05) is 12.8 Å². The molecule has 3 aromatic carbocycles. The van der Waals surface area contributed by atoms with Gasteiger partial charge in [-0.2, -0.15) is 0 Å². The number of hydrogen-bond donors (Lipinski definition) is 0. The summed E-state index contributed by atoms with van der Waals surface area (Å²) < 4.78 is 38.4. The summed E-state index contributed by atoms with van der Waals surface area (Å²) in [4.78, 5) is 12.0. The van der Waals surface area contributed by atoms with Gasteiger partial charge in [-0.1, -0.05) is 91.0 Å². The van der Waals surface area contributed by atoms with E-state index >= 15 is 0 Å². The summed E-state index contributed by atoms with van der Waals surface area (Å²) in [7, 11) is 0. The third-order valence-corrected chi connectivity index (χ3v) is 8.33. The van der Waals surface area contributed by atoms with Crippen molar-refractivity contribution >= 4 is 5.97 Å². The third kappa shape index (κ3) is 5.57. The van der Waals surface area contributed by atoms with Crippen molar-refractivity contribution in [1.82, 2.24) is 0 Å². The van der Waals surface area contributed by atoms with Crippen LogP contribution >= 0.6 is 0 Å². The van der Waals surface area contributed by atoms with Crippen LogP contribution in [0.5, 0.6) is 0 Å². The van der Waals surface area contributed by atoms with Crippen LogP contribution in [-0.4, -0.2) is 50.4 Å². The Bertz CT molecular complexity index is 1240. The lowest BCUT2D eigenvalue weighted by atomic mass is 9.65. The van der Waals surface area contributed by atoms with Gasteiger partial charge < -0.3 is 28.4 Å². The lowest BCUT2D eigenvalue weighted by Gasteiger charge is -2.55. The van der Waals surface area contributed by atoms with Gasteiger partial charge in [-0.25, -0.2) is 0 Å². The monoisotopic (exact) mass is 544 g/mol. The standard InChI is InChI=1S/C33H36O7/c1-23(34)38-22-33-27-17-28(26-15-9-4-10-16-26)39-31(33)30(36-19-25-13-7-3-8-14-25)29(40-32(33)37-20-27)21-35-18-24-11-5-2-6-12-24/h2-16,27-32H,17-22H2,1H3/t27-,28-,29+,30-,31-,32-,33+/m0/s1. The average molecular weight is 545 g/mol. The van der Waals surface area contributed by atoms with E-state index in [9.17, 15) is 4.79 Å². The number of hydrogen-bond acceptors (Lipinski definition) is 7. The second-order valence-electron chi connectivity index (χ2n) is 10.9. The van der Waals surface area contributed by atoms with Gasteiger partial charge in [-0.05, 0) is 23.1 Å². The van der Waals surface area contributed by atoms with Gasteiger partial charge in [-0.15, -0.1) is 0 Å². The zero-order valence-electron chi connectivity index (χ0n) is 22.7. The van der Waals surface area contributed by atoms with E-state index in [0.29, 0.717) is 26.4 Å². The molecule has 0 bridgehead atoms. The first kappa shape index (κ1) is 27.1. The van der Waals surface area contributed by atoms with E-state index < -0.39 is 30.0 Å². The summed E-state index contributed by atoms with van der Waals surface area (Å²) in [6.45, 7) is 3.22. The van der Waals surface area contributed by atoms with Gasteiger partial charge in [0.25, 0.3) is 0 Å². The zero-order chi connectivity index (χ0) is 27.4. The minimum absolute atomic E-state index is 0.0646. The molecular weight excluding hydrogens is 508 g/mol. The van der Waals surface area contributed by atoms with E-state index in [2.05, 4.69) is 12.1 Å². The van der Waals surface area contributed by atoms with Gasteiger partial charge in [0.2, 0.25) is 0 Å². The van der Waals surface area contributed by atoms with Crippen molar-refractivity contribution in [2.75, 3.05) is 19.8 Å². The first-order valence-corrected chi connectivity index (χ1v) is 14.0. The maximum absolute atomic E-state index is 12.0. The van der Waals surface area contributed by atoms with Crippen LogP contribution in [0.4, 0.5) is 0 Å². The molecule has 7 atom stereocenters. The fourth-order valence-electron chi connectivity index (χ4n) is 6.30. The number of ether oxygens (including phenoxy) is 6. The van der Waals surface area contributed by atoms with E-state index in [1.807, 2.05) is 78.9 Å². The van der Waals surface area contributed by atoms with Crippen molar-refractivity contribution in [3.8, 4) is 0 Å². The molecule has 3 aromatic rings. The number of carbonyl (C=O) groups is 1. The molecule has 3 aliphatic heterocycles. The predicted molar refractivity (Wildman–Crippen MR) is 147 cm³/mol. The van der Waals surface area contributed by atoms with Crippen molar-refractivity contribution in [1.29, 1.82) is 0 Å². The molecule has 3 aliphatic rings. The molecule has 0 unspecified atom stereocenters. The molecule has 3 fully saturated rings. The van der Waals surface area contributed by atoms with Crippen molar-refractivity contribution in [3.05, 3.63) is 108 Å². The summed E-state index contributed by atoms with van der Waals surface area (Å²) in [6.07, 6.45) is -1.36. The summed E-state index contributed by atoms with van der Waals surface area (Å²) in [5, 5.41) is 0. The summed E-state index contributed by atoms with van der Waals surface area (Å²) in [5.41, 5.74) is 2.56. The Morgan fingerprint density at radius 2 is 1.52 bits per heavy atom. The Hall–Kier alpha value is -3.07. The minimum Gasteiger partial charge on any atom is -0.465 e. The SMILES string of the molecule is CC(=O)OC[C@]12[C@@H]3CO[C@H]1O[C@H](COCc1ccccc1)[C@H](OCc1ccccc1)[C@@H]2O[C@H](c1ccccc1)C3. The van der Waals surface area contributed by atoms with Crippen LogP contribution in [0.2, 0.25) is 0 Å². The Morgan fingerprint density at radius 3 is 2.20 bits per heavy atom. The highest BCUT2D eigenvalue weighted by atomic mass is 16.7. The highest BCUT2D eigenvalue weighted by molar-refractivity contribution is 5.66.